The highest BCUT2D eigenvalue weighted by Crippen LogP contribution is 2.12. The highest BCUT2D eigenvalue weighted by molar-refractivity contribution is 5.13. The molecule has 0 amide bonds. The van der Waals surface area contributed by atoms with Gasteiger partial charge in [0.1, 0.15) is 0 Å². The number of aliphatic hydroxyl groups is 1. The second kappa shape index (κ2) is 7.43. The summed E-state index contributed by atoms with van der Waals surface area (Å²) >= 11 is 0. The molecule has 2 atom stereocenters. The van der Waals surface area contributed by atoms with E-state index < -0.39 is 0 Å². The fraction of sp³-hybridized carbons (Fsp3) is 0.571. The maximum atomic E-state index is 9.17. The monoisotopic (exact) mass is 237 g/mol. The van der Waals surface area contributed by atoms with Gasteiger partial charge in [-0.15, -0.1) is 0 Å². The fourth-order valence-electron chi connectivity index (χ4n) is 1.82. The summed E-state index contributed by atoms with van der Waals surface area (Å²) in [6.45, 7) is 6.97. The van der Waals surface area contributed by atoms with Gasteiger partial charge < -0.3 is 5.11 Å². The summed E-state index contributed by atoms with van der Waals surface area (Å²) in [6.07, 6.45) is 0. The molecule has 0 aliphatic carbocycles. The molecule has 1 aromatic rings. The van der Waals surface area contributed by atoms with Crippen LogP contribution in [0, 0.1) is 11.8 Å². The van der Waals surface area contributed by atoms with Gasteiger partial charge in [0.25, 0.3) is 0 Å². The molecule has 0 saturated heterocycles. The molecule has 96 valence electrons. The molecule has 17 heavy (non-hydrogen) atoms. The fourth-order valence-corrected chi connectivity index (χ4v) is 1.82. The van der Waals surface area contributed by atoms with Crippen LogP contribution in [0.3, 0.4) is 0 Å². The van der Waals surface area contributed by atoms with Crippen molar-refractivity contribution in [2.75, 3.05) is 6.61 Å². The number of hydrogen-bond acceptors (Lipinski definition) is 3. The van der Waals surface area contributed by atoms with Crippen molar-refractivity contribution in [2.24, 2.45) is 11.8 Å². The van der Waals surface area contributed by atoms with E-state index in [0.29, 0.717) is 12.5 Å². The van der Waals surface area contributed by atoms with Crippen LogP contribution in [-0.4, -0.2) is 17.8 Å². The summed E-state index contributed by atoms with van der Waals surface area (Å²) < 4.78 is 0. The minimum atomic E-state index is 0.170. The zero-order chi connectivity index (χ0) is 12.7. The van der Waals surface area contributed by atoms with Crippen molar-refractivity contribution in [1.29, 1.82) is 0 Å². The lowest BCUT2D eigenvalue weighted by molar-refractivity contribution is -0.0275. The summed E-state index contributed by atoms with van der Waals surface area (Å²) in [7, 11) is 0. The van der Waals surface area contributed by atoms with Crippen LogP contribution in [0.4, 0.5) is 0 Å². The van der Waals surface area contributed by atoms with Gasteiger partial charge in [-0.25, -0.2) is 0 Å². The summed E-state index contributed by atoms with van der Waals surface area (Å²) in [4.78, 5) is 5.51. The predicted molar refractivity (Wildman–Crippen MR) is 69.2 cm³/mol. The van der Waals surface area contributed by atoms with Gasteiger partial charge in [-0.1, -0.05) is 51.1 Å². The largest absolute Gasteiger partial charge is 0.396 e. The van der Waals surface area contributed by atoms with Crippen molar-refractivity contribution in [3.63, 3.8) is 0 Å². The van der Waals surface area contributed by atoms with Crippen LogP contribution in [0.5, 0.6) is 0 Å². The van der Waals surface area contributed by atoms with Crippen molar-refractivity contribution in [2.45, 2.75) is 33.4 Å². The lowest BCUT2D eigenvalue weighted by Crippen LogP contribution is -2.40. The van der Waals surface area contributed by atoms with Crippen LogP contribution >= 0.6 is 0 Å². The van der Waals surface area contributed by atoms with Crippen molar-refractivity contribution in [1.82, 2.24) is 5.48 Å². The third-order valence-electron chi connectivity index (χ3n) is 2.92. The van der Waals surface area contributed by atoms with Crippen molar-refractivity contribution < 1.29 is 9.94 Å². The molecule has 0 aliphatic rings. The first kappa shape index (κ1) is 14.2. The smallest absolute Gasteiger partial charge is 0.0933 e. The number of hydroxylamine groups is 1. The van der Waals surface area contributed by atoms with E-state index in [1.807, 2.05) is 37.3 Å². The van der Waals surface area contributed by atoms with Gasteiger partial charge in [0.2, 0.25) is 0 Å². The maximum absolute atomic E-state index is 9.17. The second-order valence-corrected chi connectivity index (χ2v) is 4.82. The molecule has 0 spiro atoms. The minimum Gasteiger partial charge on any atom is -0.396 e. The van der Waals surface area contributed by atoms with Crippen LogP contribution in [0.25, 0.3) is 0 Å². The van der Waals surface area contributed by atoms with E-state index in [0.717, 1.165) is 5.56 Å². The van der Waals surface area contributed by atoms with Gasteiger partial charge in [0.05, 0.1) is 6.61 Å². The van der Waals surface area contributed by atoms with E-state index in [9.17, 15) is 5.11 Å². The van der Waals surface area contributed by atoms with E-state index in [2.05, 4.69) is 19.3 Å². The maximum Gasteiger partial charge on any atom is 0.0933 e. The molecule has 2 N–H and O–H groups in total. The molecular formula is C14H23NO2. The SMILES string of the molecule is CC(C)[C@H](NOCc1ccccc1)[C@@H](C)CO. The lowest BCUT2D eigenvalue weighted by Gasteiger charge is -2.26. The second-order valence-electron chi connectivity index (χ2n) is 4.82. The van der Waals surface area contributed by atoms with Gasteiger partial charge in [0, 0.05) is 12.6 Å². The van der Waals surface area contributed by atoms with Crippen LogP contribution < -0.4 is 5.48 Å². The Morgan fingerprint density at radius 1 is 1.18 bits per heavy atom. The zero-order valence-electron chi connectivity index (χ0n) is 10.9. The molecule has 0 heterocycles. The third kappa shape index (κ3) is 4.86. The first-order chi connectivity index (χ1) is 8.15. The zero-order valence-corrected chi connectivity index (χ0v) is 10.9. The first-order valence-electron chi connectivity index (χ1n) is 6.17. The van der Waals surface area contributed by atoms with E-state index in [4.69, 9.17) is 4.84 Å². The summed E-state index contributed by atoms with van der Waals surface area (Å²) in [5, 5.41) is 9.17. The number of nitrogens with one attached hydrogen (secondary N) is 1. The third-order valence-corrected chi connectivity index (χ3v) is 2.92. The van der Waals surface area contributed by atoms with Crippen LogP contribution in [-0.2, 0) is 11.4 Å². The number of benzene rings is 1. The first-order valence-corrected chi connectivity index (χ1v) is 6.17. The average molecular weight is 237 g/mol. The average Bonchev–Trinajstić information content (AvgIpc) is 2.34. The number of aliphatic hydroxyl groups excluding tert-OH is 1. The minimum absolute atomic E-state index is 0.170. The molecule has 0 aromatic heterocycles. The molecule has 1 aromatic carbocycles. The quantitative estimate of drug-likeness (QED) is 0.715. The highest BCUT2D eigenvalue weighted by Gasteiger charge is 2.20. The Hall–Kier alpha value is -0.900. The van der Waals surface area contributed by atoms with Gasteiger partial charge >= 0.3 is 0 Å². The Labute approximate surface area is 104 Å². The molecule has 0 fully saturated rings. The van der Waals surface area contributed by atoms with E-state index in [1.54, 1.807) is 0 Å². The highest BCUT2D eigenvalue weighted by atomic mass is 16.6. The molecule has 0 unspecified atom stereocenters. The lowest BCUT2D eigenvalue weighted by atomic mass is 9.93. The summed E-state index contributed by atoms with van der Waals surface area (Å²) in [6, 6.07) is 10.2. The normalized spacial score (nSPS) is 14.9. The predicted octanol–water partition coefficient (Wildman–Crippen LogP) is 2.36. The molecule has 0 bridgehead atoms. The van der Waals surface area contributed by atoms with Gasteiger partial charge in [-0.3, -0.25) is 4.84 Å². The Morgan fingerprint density at radius 2 is 1.82 bits per heavy atom. The van der Waals surface area contributed by atoms with Gasteiger partial charge in [0.15, 0.2) is 0 Å². The van der Waals surface area contributed by atoms with E-state index in [1.165, 1.54) is 0 Å². The van der Waals surface area contributed by atoms with Crippen LogP contribution in [0.1, 0.15) is 26.3 Å². The molecule has 3 nitrogen and oxygen atoms in total. The van der Waals surface area contributed by atoms with E-state index >= 15 is 0 Å². The summed E-state index contributed by atoms with van der Waals surface area (Å²) in [5.41, 5.74) is 4.20. The Morgan fingerprint density at radius 3 is 2.35 bits per heavy atom. The van der Waals surface area contributed by atoms with Crippen LogP contribution in [0.2, 0.25) is 0 Å². The Kier molecular flexibility index (Phi) is 6.19. The summed E-state index contributed by atoms with van der Waals surface area (Å²) in [5.74, 6) is 0.610. The van der Waals surface area contributed by atoms with Crippen molar-refractivity contribution in [3.8, 4) is 0 Å². The molecular weight excluding hydrogens is 214 g/mol. The van der Waals surface area contributed by atoms with Crippen molar-refractivity contribution in [3.05, 3.63) is 35.9 Å². The van der Waals surface area contributed by atoms with Gasteiger partial charge in [-0.05, 0) is 17.4 Å². The number of rotatable bonds is 7. The number of hydrogen-bond donors (Lipinski definition) is 2. The van der Waals surface area contributed by atoms with Crippen LogP contribution in [0.15, 0.2) is 30.3 Å². The van der Waals surface area contributed by atoms with Crippen molar-refractivity contribution >= 4 is 0 Å². The molecule has 3 heteroatoms. The topological polar surface area (TPSA) is 41.5 Å². The van der Waals surface area contributed by atoms with Gasteiger partial charge in [-0.2, -0.15) is 5.48 Å². The molecule has 0 saturated carbocycles. The van der Waals surface area contributed by atoms with E-state index in [-0.39, 0.29) is 18.6 Å². The molecule has 0 aliphatic heterocycles. The molecule has 1 rings (SSSR count). The standard InChI is InChI=1S/C14H23NO2/c1-11(2)14(12(3)9-16)15-17-10-13-7-5-4-6-8-13/h4-8,11-12,14-16H,9-10H2,1-3H3/t12-,14-/m0/s1. The Balaban J connectivity index is 2.37. The molecule has 0 radical (unpaired) electrons. The Bertz CT molecular complexity index is 300.